The second kappa shape index (κ2) is 4.58. The van der Waals surface area contributed by atoms with Gasteiger partial charge in [-0.1, -0.05) is 13.8 Å². The van der Waals surface area contributed by atoms with Gasteiger partial charge in [0.1, 0.15) is 0 Å². The topological polar surface area (TPSA) is 38.9 Å². The van der Waals surface area contributed by atoms with Crippen LogP contribution in [0, 0.1) is 5.92 Å². The van der Waals surface area contributed by atoms with E-state index in [0.29, 0.717) is 5.92 Å². The molecule has 0 aliphatic rings. The minimum atomic E-state index is 0.270. The van der Waals surface area contributed by atoms with Gasteiger partial charge < -0.3 is 5.73 Å². The maximum atomic E-state index is 5.93. The fraction of sp³-hybridized carbons (Fsp3) is 0.667. The molecule has 0 fully saturated rings. The van der Waals surface area contributed by atoms with Crippen molar-refractivity contribution in [1.82, 2.24) is 4.98 Å². The van der Waals surface area contributed by atoms with E-state index in [2.05, 4.69) is 24.2 Å². The predicted molar refractivity (Wildman–Crippen MR) is 53.2 cm³/mol. The predicted octanol–water partition coefficient (Wildman–Crippen LogP) is 2.06. The largest absolute Gasteiger partial charge is 0.327 e. The fourth-order valence-electron chi connectivity index (χ4n) is 1.30. The summed E-state index contributed by atoms with van der Waals surface area (Å²) >= 11 is 1.63. The molecular weight excluding hydrogens is 168 g/mol. The number of nitrogens with zero attached hydrogens (tertiary/aromatic N) is 1. The van der Waals surface area contributed by atoms with Crippen molar-refractivity contribution in [3.8, 4) is 0 Å². The van der Waals surface area contributed by atoms with Crippen molar-refractivity contribution in [2.75, 3.05) is 0 Å². The molecule has 2 N–H and O–H groups in total. The highest BCUT2D eigenvalue weighted by atomic mass is 32.1. The molecule has 0 amide bonds. The van der Waals surface area contributed by atoms with E-state index >= 15 is 0 Å². The number of hydrogen-bond donors (Lipinski definition) is 1. The molecule has 0 saturated carbocycles. The molecule has 3 heteroatoms. The van der Waals surface area contributed by atoms with Crippen molar-refractivity contribution in [2.45, 2.75) is 32.7 Å². The van der Waals surface area contributed by atoms with Crippen LogP contribution in [0.15, 0.2) is 10.9 Å². The first-order valence-corrected chi connectivity index (χ1v) is 5.25. The number of hydrogen-bond acceptors (Lipinski definition) is 3. The molecule has 1 heterocycles. The number of nitrogens with two attached hydrogens (primary N) is 1. The van der Waals surface area contributed by atoms with Gasteiger partial charge in [-0.25, -0.2) is 4.98 Å². The summed E-state index contributed by atoms with van der Waals surface area (Å²) < 4.78 is 0. The lowest BCUT2D eigenvalue weighted by Crippen LogP contribution is -2.24. The van der Waals surface area contributed by atoms with Gasteiger partial charge >= 0.3 is 0 Å². The van der Waals surface area contributed by atoms with Crippen molar-refractivity contribution in [3.05, 3.63) is 16.6 Å². The summed E-state index contributed by atoms with van der Waals surface area (Å²) in [6, 6.07) is 0.270. The fourth-order valence-corrected chi connectivity index (χ4v) is 1.87. The molecule has 0 aliphatic carbocycles. The first-order chi connectivity index (χ1) is 5.68. The zero-order chi connectivity index (χ0) is 8.97. The molecule has 0 aliphatic heterocycles. The standard InChI is InChI=1S/C9H16N2S/c1-7(2)3-8(10)4-9-5-12-6-11-9/h5-8H,3-4,10H2,1-2H3. The van der Waals surface area contributed by atoms with Gasteiger partial charge in [0.15, 0.2) is 0 Å². The lowest BCUT2D eigenvalue weighted by atomic mass is 10.0. The van der Waals surface area contributed by atoms with E-state index in [-0.39, 0.29) is 6.04 Å². The third-order valence-electron chi connectivity index (χ3n) is 1.73. The van der Waals surface area contributed by atoms with Gasteiger partial charge in [0.2, 0.25) is 0 Å². The monoisotopic (exact) mass is 184 g/mol. The molecule has 0 radical (unpaired) electrons. The third kappa shape index (κ3) is 3.32. The molecule has 12 heavy (non-hydrogen) atoms. The van der Waals surface area contributed by atoms with Gasteiger partial charge in [0.25, 0.3) is 0 Å². The highest BCUT2D eigenvalue weighted by Gasteiger charge is 2.07. The highest BCUT2D eigenvalue weighted by Crippen LogP contribution is 2.09. The lowest BCUT2D eigenvalue weighted by Gasteiger charge is -2.11. The Bertz CT molecular complexity index is 206. The molecule has 1 rings (SSSR count). The second-order valence-electron chi connectivity index (χ2n) is 3.57. The Labute approximate surface area is 77.8 Å². The van der Waals surface area contributed by atoms with E-state index in [0.717, 1.165) is 18.5 Å². The summed E-state index contributed by atoms with van der Waals surface area (Å²) in [5.74, 6) is 0.679. The summed E-state index contributed by atoms with van der Waals surface area (Å²) in [6.45, 7) is 4.39. The molecule has 1 atom stereocenters. The van der Waals surface area contributed by atoms with Crippen LogP contribution in [0.5, 0.6) is 0 Å². The Kier molecular flexibility index (Phi) is 3.69. The molecule has 1 aromatic rings. The van der Waals surface area contributed by atoms with Crippen LogP contribution in [-0.4, -0.2) is 11.0 Å². The van der Waals surface area contributed by atoms with Crippen LogP contribution in [0.3, 0.4) is 0 Å². The molecule has 0 bridgehead atoms. The number of aromatic nitrogens is 1. The molecule has 0 saturated heterocycles. The summed E-state index contributed by atoms with van der Waals surface area (Å²) in [5, 5.41) is 2.07. The third-order valence-corrected chi connectivity index (χ3v) is 2.36. The average molecular weight is 184 g/mol. The Morgan fingerprint density at radius 3 is 2.83 bits per heavy atom. The first kappa shape index (κ1) is 9.68. The quantitative estimate of drug-likeness (QED) is 0.778. The van der Waals surface area contributed by atoms with Crippen molar-refractivity contribution in [1.29, 1.82) is 0 Å². The van der Waals surface area contributed by atoms with Crippen LogP contribution < -0.4 is 5.73 Å². The van der Waals surface area contributed by atoms with Crippen LogP contribution in [0.1, 0.15) is 26.0 Å². The van der Waals surface area contributed by atoms with E-state index in [4.69, 9.17) is 5.73 Å². The Morgan fingerprint density at radius 1 is 1.58 bits per heavy atom. The normalized spacial score (nSPS) is 13.7. The average Bonchev–Trinajstić information content (AvgIpc) is 2.37. The zero-order valence-corrected chi connectivity index (χ0v) is 8.47. The van der Waals surface area contributed by atoms with Crippen molar-refractivity contribution in [3.63, 3.8) is 0 Å². The maximum Gasteiger partial charge on any atom is 0.0794 e. The SMILES string of the molecule is CC(C)CC(N)Cc1cscn1. The van der Waals surface area contributed by atoms with Gasteiger partial charge in [-0.2, -0.15) is 0 Å². The van der Waals surface area contributed by atoms with E-state index in [1.807, 2.05) is 5.51 Å². The second-order valence-corrected chi connectivity index (χ2v) is 4.29. The molecule has 68 valence electrons. The lowest BCUT2D eigenvalue weighted by molar-refractivity contribution is 0.491. The molecule has 1 aromatic heterocycles. The van der Waals surface area contributed by atoms with E-state index in [9.17, 15) is 0 Å². The van der Waals surface area contributed by atoms with Gasteiger partial charge in [-0.3, -0.25) is 0 Å². The Hall–Kier alpha value is -0.410. The van der Waals surface area contributed by atoms with Gasteiger partial charge in [-0.05, 0) is 12.3 Å². The maximum absolute atomic E-state index is 5.93. The number of rotatable bonds is 4. The molecular formula is C9H16N2S. The van der Waals surface area contributed by atoms with E-state index in [1.165, 1.54) is 0 Å². The molecule has 2 nitrogen and oxygen atoms in total. The van der Waals surface area contributed by atoms with Crippen LogP contribution in [-0.2, 0) is 6.42 Å². The summed E-state index contributed by atoms with van der Waals surface area (Å²) in [5.41, 5.74) is 8.92. The van der Waals surface area contributed by atoms with E-state index in [1.54, 1.807) is 11.3 Å². The van der Waals surface area contributed by atoms with Gasteiger partial charge in [0, 0.05) is 17.8 Å². The van der Waals surface area contributed by atoms with Crippen LogP contribution in [0.2, 0.25) is 0 Å². The van der Waals surface area contributed by atoms with Crippen LogP contribution >= 0.6 is 11.3 Å². The highest BCUT2D eigenvalue weighted by molar-refractivity contribution is 7.07. The zero-order valence-electron chi connectivity index (χ0n) is 7.66. The Balaban J connectivity index is 2.32. The smallest absolute Gasteiger partial charge is 0.0794 e. The minimum absolute atomic E-state index is 0.270. The summed E-state index contributed by atoms with van der Waals surface area (Å²) in [6.07, 6.45) is 2.00. The molecule has 1 unspecified atom stereocenters. The van der Waals surface area contributed by atoms with Crippen molar-refractivity contribution < 1.29 is 0 Å². The van der Waals surface area contributed by atoms with Crippen molar-refractivity contribution >= 4 is 11.3 Å². The molecule has 0 spiro atoms. The summed E-state index contributed by atoms with van der Waals surface area (Å²) in [7, 11) is 0. The first-order valence-electron chi connectivity index (χ1n) is 4.31. The number of thiazole rings is 1. The van der Waals surface area contributed by atoms with Crippen molar-refractivity contribution in [2.24, 2.45) is 11.7 Å². The van der Waals surface area contributed by atoms with Gasteiger partial charge in [0.05, 0.1) is 11.2 Å². The van der Waals surface area contributed by atoms with E-state index < -0.39 is 0 Å². The minimum Gasteiger partial charge on any atom is -0.327 e. The van der Waals surface area contributed by atoms with Gasteiger partial charge in [-0.15, -0.1) is 11.3 Å². The Morgan fingerprint density at radius 2 is 2.33 bits per heavy atom. The summed E-state index contributed by atoms with van der Waals surface area (Å²) in [4.78, 5) is 4.20. The van der Waals surface area contributed by atoms with Crippen LogP contribution in [0.4, 0.5) is 0 Å². The molecule has 0 aromatic carbocycles. The van der Waals surface area contributed by atoms with Crippen LogP contribution in [0.25, 0.3) is 0 Å².